The zero-order valence-corrected chi connectivity index (χ0v) is 19.2. The van der Waals surface area contributed by atoms with Crippen LogP contribution in [-0.2, 0) is 20.7 Å². The Morgan fingerprint density at radius 2 is 2.09 bits per heavy atom. The van der Waals surface area contributed by atoms with Crippen molar-refractivity contribution in [3.63, 3.8) is 0 Å². The highest BCUT2D eigenvalue weighted by Gasteiger charge is 2.39. The van der Waals surface area contributed by atoms with Gasteiger partial charge in [0.25, 0.3) is 5.88 Å². The average Bonchev–Trinajstić information content (AvgIpc) is 3.37. The lowest BCUT2D eigenvalue weighted by atomic mass is 10.1. The van der Waals surface area contributed by atoms with Gasteiger partial charge in [-0.25, -0.2) is 14.8 Å². The standard InChI is InChI=1S/C22H26N8O4/c1-12-9-28(7-6-24-12)15-4-5-25-19-14(15)8-17(34-22(32)18(23)31)30(19)16-11-29-10-13(2)26-20(29)21(27-16)33-3/h4-5,10-12,17,24H,6-9H2,1-3H3,(H2,23,31)/t12-,17?/m1/s1. The molecule has 0 aromatic carbocycles. The van der Waals surface area contributed by atoms with E-state index in [1.807, 2.05) is 19.2 Å². The van der Waals surface area contributed by atoms with Crippen molar-refractivity contribution in [3.8, 4) is 5.88 Å². The number of nitrogens with zero attached hydrogens (tertiary/aromatic N) is 6. The van der Waals surface area contributed by atoms with Gasteiger partial charge in [0.05, 0.1) is 19.0 Å². The molecule has 0 spiro atoms. The summed E-state index contributed by atoms with van der Waals surface area (Å²) in [6.07, 6.45) is 4.79. The second kappa shape index (κ2) is 8.45. The Balaban J connectivity index is 1.62. The van der Waals surface area contributed by atoms with Crippen LogP contribution in [-0.4, -0.2) is 70.2 Å². The Labute approximate surface area is 195 Å². The smallest absolute Gasteiger partial charge is 0.398 e. The maximum Gasteiger partial charge on any atom is 0.398 e. The highest BCUT2D eigenvalue weighted by atomic mass is 16.6. The molecule has 0 radical (unpaired) electrons. The van der Waals surface area contributed by atoms with E-state index in [-0.39, 0.29) is 0 Å². The van der Waals surface area contributed by atoms with Crippen molar-refractivity contribution in [1.82, 2.24) is 24.7 Å². The Morgan fingerprint density at radius 3 is 2.82 bits per heavy atom. The molecule has 0 bridgehead atoms. The van der Waals surface area contributed by atoms with E-state index in [2.05, 4.69) is 32.1 Å². The van der Waals surface area contributed by atoms with Crippen LogP contribution in [0.5, 0.6) is 5.88 Å². The molecule has 1 unspecified atom stereocenters. The minimum absolute atomic E-state index is 0.311. The van der Waals surface area contributed by atoms with E-state index in [1.165, 1.54) is 7.11 Å². The van der Waals surface area contributed by atoms with E-state index in [4.69, 9.17) is 15.2 Å². The molecule has 3 aromatic heterocycles. The second-order valence-corrected chi connectivity index (χ2v) is 8.45. The number of carbonyl (C=O) groups is 2. The summed E-state index contributed by atoms with van der Waals surface area (Å²) in [6, 6.07) is 2.29. The van der Waals surface area contributed by atoms with Crippen LogP contribution in [0.2, 0.25) is 0 Å². The monoisotopic (exact) mass is 466 g/mol. The topological polar surface area (TPSA) is 140 Å². The summed E-state index contributed by atoms with van der Waals surface area (Å²) in [7, 11) is 1.51. The van der Waals surface area contributed by atoms with Gasteiger partial charge in [0.1, 0.15) is 5.82 Å². The number of rotatable bonds is 4. The zero-order valence-electron chi connectivity index (χ0n) is 19.2. The minimum atomic E-state index is -1.16. The third kappa shape index (κ3) is 3.75. The summed E-state index contributed by atoms with van der Waals surface area (Å²) in [5.74, 6) is -0.943. The molecule has 3 N–H and O–H groups in total. The molecule has 0 saturated carbocycles. The van der Waals surface area contributed by atoms with Gasteiger partial charge in [0.15, 0.2) is 12.0 Å². The number of nitrogens with two attached hydrogens (primary N) is 1. The lowest BCUT2D eigenvalue weighted by Gasteiger charge is -2.34. The summed E-state index contributed by atoms with van der Waals surface area (Å²) in [5.41, 5.74) is 8.44. The number of amides is 1. The number of fused-ring (bicyclic) bond motifs is 2. The van der Waals surface area contributed by atoms with Gasteiger partial charge in [0.2, 0.25) is 5.65 Å². The van der Waals surface area contributed by atoms with Gasteiger partial charge >= 0.3 is 11.9 Å². The third-order valence-corrected chi connectivity index (χ3v) is 6.01. The van der Waals surface area contributed by atoms with Crippen LogP contribution in [0, 0.1) is 6.92 Å². The van der Waals surface area contributed by atoms with Crippen LogP contribution < -0.4 is 25.6 Å². The summed E-state index contributed by atoms with van der Waals surface area (Å²) >= 11 is 0. The first-order chi connectivity index (χ1) is 16.4. The number of hydrogen-bond donors (Lipinski definition) is 2. The highest BCUT2D eigenvalue weighted by molar-refractivity contribution is 6.31. The molecule has 2 aliphatic heterocycles. The van der Waals surface area contributed by atoms with Gasteiger partial charge in [0, 0.05) is 55.7 Å². The van der Waals surface area contributed by atoms with E-state index in [0.29, 0.717) is 35.6 Å². The fourth-order valence-corrected chi connectivity index (χ4v) is 4.59. The number of esters is 1. The van der Waals surface area contributed by atoms with Gasteiger partial charge in [-0.05, 0) is 19.9 Å². The van der Waals surface area contributed by atoms with Crippen molar-refractivity contribution in [2.75, 3.05) is 36.5 Å². The Hall–Kier alpha value is -3.93. The normalized spacial score (nSPS) is 19.9. The van der Waals surface area contributed by atoms with Crippen molar-refractivity contribution < 1.29 is 19.1 Å². The number of pyridine rings is 1. The van der Waals surface area contributed by atoms with E-state index >= 15 is 0 Å². The number of aryl methyl sites for hydroxylation is 1. The van der Waals surface area contributed by atoms with Crippen LogP contribution in [0.15, 0.2) is 24.7 Å². The van der Waals surface area contributed by atoms with E-state index in [0.717, 1.165) is 36.6 Å². The Morgan fingerprint density at radius 1 is 1.26 bits per heavy atom. The van der Waals surface area contributed by atoms with Gasteiger partial charge in [-0.2, -0.15) is 4.98 Å². The molecule has 2 aliphatic rings. The summed E-state index contributed by atoms with van der Waals surface area (Å²) in [4.78, 5) is 41.3. The number of ether oxygens (including phenoxy) is 2. The number of nitrogens with one attached hydrogen (secondary N) is 1. The predicted molar refractivity (Wildman–Crippen MR) is 123 cm³/mol. The quantitative estimate of drug-likeness (QED) is 0.407. The zero-order chi connectivity index (χ0) is 24.0. The lowest BCUT2D eigenvalue weighted by Crippen LogP contribution is -2.49. The van der Waals surface area contributed by atoms with Crippen LogP contribution >= 0.6 is 0 Å². The number of carbonyl (C=O) groups excluding carboxylic acids is 2. The maximum absolute atomic E-state index is 12.2. The molecular weight excluding hydrogens is 440 g/mol. The largest absolute Gasteiger partial charge is 0.478 e. The molecule has 1 fully saturated rings. The molecular formula is C22H26N8O4. The molecule has 12 heteroatoms. The first-order valence-corrected chi connectivity index (χ1v) is 11.0. The number of anilines is 3. The number of aromatic nitrogens is 4. The van der Waals surface area contributed by atoms with Crippen molar-refractivity contribution in [2.24, 2.45) is 5.73 Å². The molecule has 5 heterocycles. The van der Waals surface area contributed by atoms with Crippen LogP contribution in [0.1, 0.15) is 18.2 Å². The molecule has 5 rings (SSSR count). The van der Waals surface area contributed by atoms with Gasteiger partial charge < -0.3 is 25.4 Å². The third-order valence-electron chi connectivity index (χ3n) is 6.01. The Bertz CT molecular complexity index is 1280. The van der Waals surface area contributed by atoms with Crippen molar-refractivity contribution in [1.29, 1.82) is 0 Å². The van der Waals surface area contributed by atoms with E-state index in [1.54, 1.807) is 21.7 Å². The second-order valence-electron chi connectivity index (χ2n) is 8.45. The summed E-state index contributed by atoms with van der Waals surface area (Å²) < 4.78 is 12.8. The predicted octanol–water partition coefficient (Wildman–Crippen LogP) is 0.288. The fraction of sp³-hybridized carbons (Fsp3) is 0.409. The van der Waals surface area contributed by atoms with Gasteiger partial charge in [-0.3, -0.25) is 14.1 Å². The molecule has 12 nitrogen and oxygen atoms in total. The SMILES string of the molecule is COc1nc(N2c3nccc(N4CCN[C@H](C)C4)c3CC2OC(=O)C(N)=O)cn2cc(C)nc12. The van der Waals surface area contributed by atoms with Crippen molar-refractivity contribution in [3.05, 3.63) is 35.9 Å². The van der Waals surface area contributed by atoms with Gasteiger partial charge in [-0.1, -0.05) is 0 Å². The van der Waals surface area contributed by atoms with Crippen LogP contribution in [0.4, 0.5) is 17.3 Å². The molecule has 1 saturated heterocycles. The first kappa shape index (κ1) is 21.9. The summed E-state index contributed by atoms with van der Waals surface area (Å²) in [5, 5.41) is 3.44. The first-order valence-electron chi connectivity index (χ1n) is 11.0. The molecule has 34 heavy (non-hydrogen) atoms. The molecule has 0 aliphatic carbocycles. The number of primary amides is 1. The number of methoxy groups -OCH3 is 1. The van der Waals surface area contributed by atoms with Crippen molar-refractivity contribution >= 4 is 34.8 Å². The molecule has 178 valence electrons. The molecule has 1 amide bonds. The van der Waals surface area contributed by atoms with Crippen molar-refractivity contribution in [2.45, 2.75) is 32.5 Å². The Kier molecular flexibility index (Phi) is 5.44. The average molecular weight is 467 g/mol. The minimum Gasteiger partial charge on any atom is -0.478 e. The summed E-state index contributed by atoms with van der Waals surface area (Å²) in [6.45, 7) is 6.53. The van der Waals surface area contributed by atoms with E-state index in [9.17, 15) is 9.59 Å². The highest BCUT2D eigenvalue weighted by Crippen LogP contribution is 2.42. The van der Waals surface area contributed by atoms with Gasteiger partial charge in [-0.15, -0.1) is 0 Å². The lowest BCUT2D eigenvalue weighted by molar-refractivity contribution is -0.157. The number of imidazole rings is 1. The van der Waals surface area contributed by atoms with E-state index < -0.39 is 18.1 Å². The molecule has 2 atom stereocenters. The molecule has 3 aromatic rings. The van der Waals surface area contributed by atoms with Crippen LogP contribution in [0.25, 0.3) is 5.65 Å². The number of hydrogen-bond acceptors (Lipinski definition) is 10. The fourth-order valence-electron chi connectivity index (χ4n) is 4.59. The maximum atomic E-state index is 12.2. The number of piperazine rings is 1. The van der Waals surface area contributed by atoms with Crippen LogP contribution in [0.3, 0.4) is 0 Å².